The minimum atomic E-state index is -0.353. The predicted molar refractivity (Wildman–Crippen MR) is 121 cm³/mol. The van der Waals surface area contributed by atoms with Crippen LogP contribution in [0.5, 0.6) is 17.4 Å². The topological polar surface area (TPSA) is 103 Å². The number of urea groups is 1. The molecule has 0 radical (unpaired) electrons. The highest BCUT2D eigenvalue weighted by molar-refractivity contribution is 5.99. The highest BCUT2D eigenvalue weighted by Gasteiger charge is 2.08. The predicted octanol–water partition coefficient (Wildman–Crippen LogP) is 4.72. The van der Waals surface area contributed by atoms with Gasteiger partial charge in [0, 0.05) is 23.1 Å². The van der Waals surface area contributed by atoms with E-state index in [0.717, 1.165) is 17.1 Å². The molecule has 0 spiro atoms. The molecule has 9 heteroatoms. The van der Waals surface area contributed by atoms with Crippen LogP contribution >= 0.6 is 0 Å². The Morgan fingerprint density at radius 2 is 1.50 bits per heavy atom. The van der Waals surface area contributed by atoms with Crippen molar-refractivity contribution in [2.45, 2.75) is 13.8 Å². The van der Waals surface area contributed by atoms with Crippen LogP contribution in [0.4, 0.5) is 16.2 Å². The summed E-state index contributed by atoms with van der Waals surface area (Å²) < 4.78 is 12.7. The lowest BCUT2D eigenvalue weighted by Crippen LogP contribution is -2.19. The molecule has 162 valence electrons. The van der Waals surface area contributed by atoms with Gasteiger partial charge in [-0.05, 0) is 68.4 Å². The molecular weight excluding hydrogens is 408 g/mol. The van der Waals surface area contributed by atoms with Crippen LogP contribution in [0.2, 0.25) is 0 Å². The van der Waals surface area contributed by atoms with E-state index in [2.05, 4.69) is 25.7 Å². The number of methoxy groups -OCH3 is 1. The number of nitrogens with zero attached hydrogens (tertiary/aromatic N) is 4. The first-order chi connectivity index (χ1) is 15.5. The smallest absolute Gasteiger partial charge is 0.323 e. The second-order valence-corrected chi connectivity index (χ2v) is 6.99. The van der Waals surface area contributed by atoms with E-state index in [9.17, 15) is 4.79 Å². The maximum atomic E-state index is 12.2. The zero-order valence-corrected chi connectivity index (χ0v) is 17.9. The summed E-state index contributed by atoms with van der Waals surface area (Å²) in [5.41, 5.74) is 3.15. The minimum absolute atomic E-state index is 0.353. The van der Waals surface area contributed by atoms with E-state index in [4.69, 9.17) is 9.47 Å². The molecule has 0 aliphatic carbocycles. The van der Waals surface area contributed by atoms with E-state index in [0.29, 0.717) is 28.8 Å². The van der Waals surface area contributed by atoms with Gasteiger partial charge in [0.2, 0.25) is 5.88 Å². The molecule has 0 bridgehead atoms. The number of amides is 2. The van der Waals surface area contributed by atoms with Gasteiger partial charge in [-0.25, -0.2) is 19.4 Å². The fourth-order valence-electron chi connectivity index (χ4n) is 3.06. The third kappa shape index (κ3) is 5.01. The molecule has 2 heterocycles. The summed E-state index contributed by atoms with van der Waals surface area (Å²) in [5.74, 6) is 2.30. The SMILES string of the molecule is COc1ccc(NC(=O)Nc2ccc(Oc3cc(-n4nc(C)cc4C)ncn3)cc2)cc1. The van der Waals surface area contributed by atoms with E-state index in [1.807, 2.05) is 19.9 Å². The van der Waals surface area contributed by atoms with E-state index in [-0.39, 0.29) is 6.03 Å². The largest absolute Gasteiger partial charge is 0.497 e. The Kier molecular flexibility index (Phi) is 5.98. The minimum Gasteiger partial charge on any atom is -0.497 e. The van der Waals surface area contributed by atoms with Crippen molar-refractivity contribution in [1.29, 1.82) is 0 Å². The Morgan fingerprint density at radius 3 is 2.06 bits per heavy atom. The van der Waals surface area contributed by atoms with E-state index >= 15 is 0 Å². The molecule has 0 unspecified atom stereocenters. The molecule has 0 saturated carbocycles. The Balaban J connectivity index is 1.38. The fourth-order valence-corrected chi connectivity index (χ4v) is 3.06. The maximum absolute atomic E-state index is 12.2. The summed E-state index contributed by atoms with van der Waals surface area (Å²) in [7, 11) is 1.59. The Bertz CT molecular complexity index is 1220. The molecule has 2 N–H and O–H groups in total. The molecule has 4 rings (SSSR count). The molecule has 0 fully saturated rings. The van der Waals surface area contributed by atoms with Gasteiger partial charge in [-0.15, -0.1) is 0 Å². The van der Waals surface area contributed by atoms with Crippen molar-refractivity contribution < 1.29 is 14.3 Å². The summed E-state index contributed by atoms with van der Waals surface area (Å²) in [4.78, 5) is 20.6. The van der Waals surface area contributed by atoms with Gasteiger partial charge in [-0.2, -0.15) is 5.10 Å². The average Bonchev–Trinajstić information content (AvgIpc) is 3.14. The van der Waals surface area contributed by atoms with Crippen molar-refractivity contribution in [2.75, 3.05) is 17.7 Å². The third-order valence-electron chi connectivity index (χ3n) is 4.54. The van der Waals surface area contributed by atoms with Gasteiger partial charge in [-0.3, -0.25) is 0 Å². The number of ether oxygens (including phenoxy) is 2. The molecule has 0 atom stereocenters. The number of carbonyl (C=O) groups is 1. The van der Waals surface area contributed by atoms with Crippen LogP contribution in [0.25, 0.3) is 5.82 Å². The highest BCUT2D eigenvalue weighted by Crippen LogP contribution is 2.23. The number of aromatic nitrogens is 4. The molecule has 0 saturated heterocycles. The molecule has 4 aromatic rings. The first kappa shape index (κ1) is 20.9. The Hall–Kier alpha value is -4.40. The van der Waals surface area contributed by atoms with Gasteiger partial charge in [0.15, 0.2) is 5.82 Å². The van der Waals surface area contributed by atoms with E-state index in [1.165, 1.54) is 6.33 Å². The molecule has 32 heavy (non-hydrogen) atoms. The molecule has 2 aromatic carbocycles. The summed E-state index contributed by atoms with van der Waals surface area (Å²) in [6.07, 6.45) is 1.43. The zero-order chi connectivity index (χ0) is 22.5. The normalized spacial score (nSPS) is 10.5. The number of rotatable bonds is 6. The van der Waals surface area contributed by atoms with E-state index < -0.39 is 0 Å². The van der Waals surface area contributed by atoms with Gasteiger partial charge in [0.1, 0.15) is 17.8 Å². The Labute approximate surface area is 185 Å². The lowest BCUT2D eigenvalue weighted by atomic mass is 10.3. The van der Waals surface area contributed by atoms with Gasteiger partial charge in [0.05, 0.1) is 12.8 Å². The summed E-state index contributed by atoms with van der Waals surface area (Å²) in [5, 5.41) is 9.96. The van der Waals surface area contributed by atoms with Crippen LogP contribution in [-0.4, -0.2) is 32.9 Å². The van der Waals surface area contributed by atoms with Crippen molar-refractivity contribution in [3.63, 3.8) is 0 Å². The highest BCUT2D eigenvalue weighted by atomic mass is 16.5. The van der Waals surface area contributed by atoms with Gasteiger partial charge in [0.25, 0.3) is 0 Å². The molecule has 0 aliphatic rings. The number of benzene rings is 2. The molecular formula is C23H22N6O3. The summed E-state index contributed by atoms with van der Waals surface area (Å²) >= 11 is 0. The summed E-state index contributed by atoms with van der Waals surface area (Å²) in [6.45, 7) is 3.88. The Morgan fingerprint density at radius 1 is 0.875 bits per heavy atom. The van der Waals surface area contributed by atoms with Crippen molar-refractivity contribution in [1.82, 2.24) is 19.7 Å². The molecule has 2 aromatic heterocycles. The number of aryl methyl sites for hydroxylation is 2. The standard InChI is InChI=1S/C23H22N6O3/c1-15-12-16(2)29(28-15)21-13-22(25-14-24-21)32-20-10-6-18(7-11-20)27-23(30)26-17-4-8-19(31-3)9-5-17/h4-14H,1-3H3,(H2,26,27,30). The number of carbonyl (C=O) groups excluding carboxylic acids is 1. The quantitative estimate of drug-likeness (QED) is 0.459. The van der Waals surface area contributed by atoms with Crippen LogP contribution in [0.1, 0.15) is 11.4 Å². The van der Waals surface area contributed by atoms with Crippen LogP contribution in [0.3, 0.4) is 0 Å². The zero-order valence-electron chi connectivity index (χ0n) is 17.9. The monoisotopic (exact) mass is 430 g/mol. The second-order valence-electron chi connectivity index (χ2n) is 6.99. The number of hydrogen-bond acceptors (Lipinski definition) is 6. The van der Waals surface area contributed by atoms with Gasteiger partial charge < -0.3 is 20.1 Å². The number of nitrogens with one attached hydrogen (secondary N) is 2. The van der Waals surface area contributed by atoms with Crippen LogP contribution < -0.4 is 20.1 Å². The fraction of sp³-hybridized carbons (Fsp3) is 0.130. The first-order valence-electron chi connectivity index (χ1n) is 9.86. The van der Waals surface area contributed by atoms with Crippen LogP contribution in [0, 0.1) is 13.8 Å². The van der Waals surface area contributed by atoms with Crippen LogP contribution in [0.15, 0.2) is 67.0 Å². The third-order valence-corrected chi connectivity index (χ3v) is 4.54. The molecule has 9 nitrogen and oxygen atoms in total. The van der Waals surface area contributed by atoms with Crippen molar-refractivity contribution >= 4 is 17.4 Å². The van der Waals surface area contributed by atoms with Crippen molar-refractivity contribution in [3.8, 4) is 23.2 Å². The maximum Gasteiger partial charge on any atom is 0.323 e. The number of hydrogen-bond donors (Lipinski definition) is 2. The van der Waals surface area contributed by atoms with Crippen molar-refractivity contribution in [2.24, 2.45) is 0 Å². The lowest BCUT2D eigenvalue weighted by molar-refractivity contribution is 0.262. The second kappa shape index (κ2) is 9.17. The van der Waals surface area contributed by atoms with Gasteiger partial charge in [-0.1, -0.05) is 0 Å². The molecule has 0 aliphatic heterocycles. The van der Waals surface area contributed by atoms with Crippen LogP contribution in [-0.2, 0) is 0 Å². The molecule has 2 amide bonds. The first-order valence-corrected chi connectivity index (χ1v) is 9.86. The summed E-state index contributed by atoms with van der Waals surface area (Å²) in [6, 6.07) is 17.4. The van der Waals surface area contributed by atoms with Gasteiger partial charge >= 0.3 is 6.03 Å². The van der Waals surface area contributed by atoms with Crippen molar-refractivity contribution in [3.05, 3.63) is 78.4 Å². The lowest BCUT2D eigenvalue weighted by Gasteiger charge is -2.10. The average molecular weight is 430 g/mol. The van der Waals surface area contributed by atoms with E-state index in [1.54, 1.807) is 66.4 Å². The number of anilines is 2.